The Morgan fingerprint density at radius 2 is 1.87 bits per heavy atom. The van der Waals surface area contributed by atoms with Gasteiger partial charge in [-0.25, -0.2) is 0 Å². The van der Waals surface area contributed by atoms with Crippen LogP contribution in [0.5, 0.6) is 5.75 Å². The maximum absolute atomic E-state index is 12.7. The number of anilines is 1. The number of hydrogen-bond donors (Lipinski definition) is 2. The molecule has 0 saturated heterocycles. The van der Waals surface area contributed by atoms with E-state index < -0.39 is 6.10 Å². The largest absolute Gasteiger partial charge is 0.494 e. The molecule has 0 aliphatic rings. The summed E-state index contributed by atoms with van der Waals surface area (Å²) in [5, 5.41) is 23.7. The number of hydrogen-bond acceptors (Lipinski definition) is 5. The van der Waals surface area contributed by atoms with Gasteiger partial charge in [0.25, 0.3) is 5.56 Å². The number of pyridine rings is 1. The first-order chi connectivity index (χ1) is 15.0. The third-order valence-corrected chi connectivity index (χ3v) is 5.27. The Balaban J connectivity index is 1.65. The van der Waals surface area contributed by atoms with E-state index in [-0.39, 0.29) is 12.1 Å². The average molecular weight is 416 g/mol. The number of benzene rings is 2. The second-order valence-electron chi connectivity index (χ2n) is 7.40. The van der Waals surface area contributed by atoms with Crippen LogP contribution in [0.15, 0.2) is 59.4 Å². The van der Waals surface area contributed by atoms with Crippen LogP contribution in [0.1, 0.15) is 18.1 Å². The predicted octanol–water partition coefficient (Wildman–Crippen LogP) is 3.31. The Morgan fingerprint density at radius 3 is 2.55 bits per heavy atom. The van der Waals surface area contributed by atoms with Crippen molar-refractivity contribution in [1.82, 2.24) is 8.97 Å². The molecule has 7 nitrogen and oxygen atoms in total. The number of aromatic nitrogens is 2. The number of imidazole rings is 1. The third-order valence-electron chi connectivity index (χ3n) is 5.27. The molecule has 0 fully saturated rings. The van der Waals surface area contributed by atoms with Gasteiger partial charge in [-0.2, -0.15) is 5.26 Å². The van der Waals surface area contributed by atoms with E-state index >= 15 is 0 Å². The lowest BCUT2D eigenvalue weighted by molar-refractivity contribution is 0.169. The molecule has 2 aromatic heterocycles. The standard InChI is InChI=1S/C24H24N4O3/c1-3-31-19-10-8-17(9-11-19)26-14-18(29)15-27-21-6-4-5-7-22(21)28-23(30)12-16(2)20(13-25)24(27)28/h4-12,18,26,29H,3,14-15H2,1-2H3. The second kappa shape index (κ2) is 8.54. The van der Waals surface area contributed by atoms with Crippen LogP contribution in [0.3, 0.4) is 0 Å². The van der Waals surface area contributed by atoms with E-state index in [1.807, 2.05) is 60.0 Å². The highest BCUT2D eigenvalue weighted by molar-refractivity contribution is 5.84. The number of aryl methyl sites for hydroxylation is 1. The Morgan fingerprint density at radius 1 is 1.16 bits per heavy atom. The van der Waals surface area contributed by atoms with Crippen LogP contribution in [0.25, 0.3) is 16.7 Å². The van der Waals surface area contributed by atoms with Gasteiger partial charge in [0.15, 0.2) is 0 Å². The van der Waals surface area contributed by atoms with Crippen molar-refractivity contribution in [3.63, 3.8) is 0 Å². The van der Waals surface area contributed by atoms with Crippen molar-refractivity contribution in [2.75, 3.05) is 18.5 Å². The van der Waals surface area contributed by atoms with Gasteiger partial charge in [0.1, 0.15) is 17.5 Å². The van der Waals surface area contributed by atoms with Crippen molar-refractivity contribution in [2.24, 2.45) is 0 Å². The zero-order chi connectivity index (χ0) is 22.0. The Kier molecular flexibility index (Phi) is 5.65. The van der Waals surface area contributed by atoms with E-state index in [1.165, 1.54) is 6.07 Å². The first-order valence-electron chi connectivity index (χ1n) is 10.2. The number of nitriles is 1. The maximum atomic E-state index is 12.7. The number of ether oxygens (including phenoxy) is 1. The molecular weight excluding hydrogens is 392 g/mol. The van der Waals surface area contributed by atoms with Gasteiger partial charge in [-0.3, -0.25) is 9.20 Å². The predicted molar refractivity (Wildman–Crippen MR) is 121 cm³/mol. The summed E-state index contributed by atoms with van der Waals surface area (Å²) in [6, 6.07) is 18.7. The highest BCUT2D eigenvalue weighted by Gasteiger charge is 2.19. The minimum atomic E-state index is -0.742. The van der Waals surface area contributed by atoms with Crippen molar-refractivity contribution in [2.45, 2.75) is 26.5 Å². The first-order valence-corrected chi connectivity index (χ1v) is 10.2. The van der Waals surface area contributed by atoms with Crippen molar-refractivity contribution < 1.29 is 9.84 Å². The van der Waals surface area contributed by atoms with E-state index in [1.54, 1.807) is 11.3 Å². The van der Waals surface area contributed by atoms with Crippen LogP contribution in [-0.2, 0) is 6.54 Å². The normalized spacial score (nSPS) is 12.1. The minimum absolute atomic E-state index is 0.191. The second-order valence-corrected chi connectivity index (χ2v) is 7.40. The van der Waals surface area contributed by atoms with Crippen molar-refractivity contribution in [1.29, 1.82) is 5.26 Å². The van der Waals surface area contributed by atoms with Gasteiger partial charge in [-0.1, -0.05) is 12.1 Å². The fraction of sp³-hybridized carbons (Fsp3) is 0.250. The van der Waals surface area contributed by atoms with Crippen LogP contribution >= 0.6 is 0 Å². The molecule has 0 spiro atoms. The van der Waals surface area contributed by atoms with Crippen LogP contribution in [0.2, 0.25) is 0 Å². The zero-order valence-corrected chi connectivity index (χ0v) is 17.5. The number of fused-ring (bicyclic) bond motifs is 3. The van der Waals surface area contributed by atoms with Crippen molar-refractivity contribution >= 4 is 22.4 Å². The van der Waals surface area contributed by atoms with Crippen LogP contribution in [0, 0.1) is 18.3 Å². The summed E-state index contributed by atoms with van der Waals surface area (Å²) >= 11 is 0. The van der Waals surface area contributed by atoms with E-state index in [9.17, 15) is 15.2 Å². The van der Waals surface area contributed by atoms with Gasteiger partial charge in [0, 0.05) is 18.3 Å². The first kappa shape index (κ1) is 20.5. The van der Waals surface area contributed by atoms with Crippen LogP contribution in [0.4, 0.5) is 5.69 Å². The van der Waals surface area contributed by atoms with Gasteiger partial charge in [-0.15, -0.1) is 0 Å². The number of para-hydroxylation sites is 2. The lowest BCUT2D eigenvalue weighted by Gasteiger charge is -2.16. The Bertz CT molecular complexity index is 1330. The maximum Gasteiger partial charge on any atom is 0.257 e. The lowest BCUT2D eigenvalue weighted by atomic mass is 10.1. The number of aliphatic hydroxyl groups is 1. The summed E-state index contributed by atoms with van der Waals surface area (Å²) in [6.07, 6.45) is -0.742. The summed E-state index contributed by atoms with van der Waals surface area (Å²) in [5.41, 5.74) is 3.75. The quantitative estimate of drug-likeness (QED) is 0.482. The Labute approximate surface area is 179 Å². The molecule has 2 heterocycles. The molecule has 4 rings (SSSR count). The van der Waals surface area contributed by atoms with Gasteiger partial charge in [-0.05, 0) is 55.8 Å². The summed E-state index contributed by atoms with van der Waals surface area (Å²) in [4.78, 5) is 12.7. The van der Waals surface area contributed by atoms with E-state index in [0.29, 0.717) is 35.4 Å². The molecule has 2 N–H and O–H groups in total. The molecular formula is C24H24N4O3. The lowest BCUT2D eigenvalue weighted by Crippen LogP contribution is -2.25. The number of nitrogens with zero attached hydrogens (tertiary/aromatic N) is 3. The average Bonchev–Trinajstić information content (AvgIpc) is 3.08. The minimum Gasteiger partial charge on any atom is -0.494 e. The highest BCUT2D eigenvalue weighted by Crippen LogP contribution is 2.24. The fourth-order valence-electron chi connectivity index (χ4n) is 3.87. The summed E-state index contributed by atoms with van der Waals surface area (Å²) in [6.45, 7) is 4.84. The molecule has 2 aromatic carbocycles. The van der Waals surface area contributed by atoms with Gasteiger partial charge in [0.2, 0.25) is 0 Å². The molecule has 1 unspecified atom stereocenters. The molecule has 1 atom stereocenters. The highest BCUT2D eigenvalue weighted by atomic mass is 16.5. The zero-order valence-electron chi connectivity index (χ0n) is 17.5. The molecule has 4 aromatic rings. The van der Waals surface area contributed by atoms with E-state index in [2.05, 4.69) is 11.4 Å². The third kappa shape index (κ3) is 3.86. The summed E-state index contributed by atoms with van der Waals surface area (Å²) in [5.74, 6) is 0.795. The van der Waals surface area contributed by atoms with Crippen LogP contribution < -0.4 is 15.6 Å². The molecule has 0 amide bonds. The van der Waals surface area contributed by atoms with E-state index in [4.69, 9.17) is 4.74 Å². The van der Waals surface area contributed by atoms with Gasteiger partial charge in [0.05, 0.1) is 35.9 Å². The molecule has 0 saturated carbocycles. The molecule has 7 heteroatoms. The molecule has 31 heavy (non-hydrogen) atoms. The molecule has 0 aliphatic heterocycles. The molecule has 0 radical (unpaired) electrons. The summed E-state index contributed by atoms with van der Waals surface area (Å²) < 4.78 is 8.85. The molecule has 0 aliphatic carbocycles. The van der Waals surface area contributed by atoms with E-state index in [0.717, 1.165) is 17.0 Å². The SMILES string of the molecule is CCOc1ccc(NCC(O)Cn2c3ccccc3n3c(=O)cc(C)c(C#N)c23)cc1. The van der Waals surface area contributed by atoms with Gasteiger partial charge >= 0.3 is 0 Å². The van der Waals surface area contributed by atoms with Crippen molar-refractivity contribution in [3.05, 3.63) is 76.1 Å². The van der Waals surface area contributed by atoms with Crippen LogP contribution in [-0.4, -0.2) is 33.3 Å². The monoisotopic (exact) mass is 416 g/mol. The number of nitrogens with one attached hydrogen (secondary N) is 1. The number of aliphatic hydroxyl groups excluding tert-OH is 1. The van der Waals surface area contributed by atoms with Gasteiger partial charge < -0.3 is 19.7 Å². The smallest absolute Gasteiger partial charge is 0.257 e. The topological polar surface area (TPSA) is 91.7 Å². The summed E-state index contributed by atoms with van der Waals surface area (Å²) in [7, 11) is 0. The molecule has 158 valence electrons. The van der Waals surface area contributed by atoms with Crippen molar-refractivity contribution in [3.8, 4) is 11.8 Å². The number of rotatable bonds is 7. The molecule has 0 bridgehead atoms. The Hall–Kier alpha value is -3.76. The fourth-order valence-corrected chi connectivity index (χ4v) is 3.87.